The van der Waals surface area contributed by atoms with Crippen molar-refractivity contribution in [2.45, 2.75) is 70.7 Å². The Morgan fingerprint density at radius 3 is 2.20 bits per heavy atom. The molecule has 2 fully saturated rings. The number of carboxylic acid groups (broad SMARTS) is 1. The summed E-state index contributed by atoms with van der Waals surface area (Å²) >= 11 is 0. The number of benzene rings is 2. The number of hydrogen-bond donors (Lipinski definition) is 4. The van der Waals surface area contributed by atoms with Crippen LogP contribution in [0.4, 0.5) is 33.9 Å². The number of H-pyrrole nitrogens is 1. The first-order valence-electron chi connectivity index (χ1n) is 19.2. The van der Waals surface area contributed by atoms with Crippen molar-refractivity contribution < 1.29 is 51.3 Å². The molecular weight excluding hydrogens is 794 g/mol. The molecular formula is C40H47F4N9O7. The van der Waals surface area contributed by atoms with Gasteiger partial charge in [-0.15, -0.1) is 10.2 Å². The summed E-state index contributed by atoms with van der Waals surface area (Å²) in [5.74, 6) is -3.26. The van der Waals surface area contributed by atoms with E-state index in [4.69, 9.17) is 25.1 Å². The van der Waals surface area contributed by atoms with Crippen molar-refractivity contribution in [1.82, 2.24) is 30.9 Å². The van der Waals surface area contributed by atoms with E-state index in [-0.39, 0.29) is 18.2 Å². The van der Waals surface area contributed by atoms with E-state index in [2.05, 4.69) is 35.8 Å². The molecule has 4 aromatic rings. The minimum atomic E-state index is -5.08. The Morgan fingerprint density at radius 2 is 1.65 bits per heavy atom. The molecule has 16 nitrogen and oxygen atoms in total. The number of rotatable bonds is 10. The van der Waals surface area contributed by atoms with Crippen LogP contribution in [0.25, 0.3) is 22.5 Å². The number of tetrazole rings is 1. The van der Waals surface area contributed by atoms with Crippen LogP contribution in [0.3, 0.4) is 0 Å². The topological polar surface area (TPSA) is 219 Å². The molecule has 5 N–H and O–H groups in total. The Balaban J connectivity index is 0.000000896. The number of nitrogens with zero attached hydrogens (tertiary/aromatic N) is 6. The number of hydrogen-bond acceptors (Lipinski definition) is 12. The predicted octanol–water partition coefficient (Wildman–Crippen LogP) is 5.30. The summed E-state index contributed by atoms with van der Waals surface area (Å²) in [7, 11) is 0. The highest BCUT2D eigenvalue weighted by molar-refractivity contribution is 6.17. The molecule has 2 aromatic carbocycles. The SMILES string of the molecule is CC(C)(C)OC(=O)NCC1CCC(C(=O)N(C(=O)[C@@H](N)Cc2ccc(-c3ccc(N4CCOCC4)nc3)c(F)c2)c2ccc(-c3nn[nH]n3)cc2)CC1.O=C(O)C(F)(F)F. The number of nitrogens with one attached hydrogen (secondary N) is 2. The van der Waals surface area contributed by atoms with Gasteiger partial charge in [-0.3, -0.25) is 9.59 Å². The van der Waals surface area contributed by atoms with Gasteiger partial charge in [0.25, 0.3) is 5.91 Å². The molecule has 0 bridgehead atoms. The highest BCUT2D eigenvalue weighted by atomic mass is 19.4. The van der Waals surface area contributed by atoms with Crippen LogP contribution in [0.2, 0.25) is 0 Å². The van der Waals surface area contributed by atoms with Crippen LogP contribution in [-0.4, -0.2) is 105 Å². The average molecular weight is 842 g/mol. The summed E-state index contributed by atoms with van der Waals surface area (Å²) < 4.78 is 58.0. The molecule has 1 aliphatic carbocycles. The third kappa shape index (κ3) is 12.5. The van der Waals surface area contributed by atoms with Gasteiger partial charge in [0.2, 0.25) is 11.7 Å². The Labute approximate surface area is 342 Å². The third-order valence-electron chi connectivity index (χ3n) is 9.74. The second-order valence-corrected chi connectivity index (χ2v) is 15.3. The van der Waals surface area contributed by atoms with Crippen molar-refractivity contribution in [3.05, 3.63) is 72.2 Å². The van der Waals surface area contributed by atoms with Gasteiger partial charge in [0.05, 0.1) is 24.9 Å². The number of anilines is 2. The normalized spacial score (nSPS) is 17.4. The molecule has 0 radical (unpaired) electrons. The number of aliphatic carboxylic acids is 1. The number of halogens is 4. The molecule has 1 aliphatic heterocycles. The average Bonchev–Trinajstić information content (AvgIpc) is 3.76. The van der Waals surface area contributed by atoms with Gasteiger partial charge in [0.1, 0.15) is 17.2 Å². The van der Waals surface area contributed by atoms with E-state index >= 15 is 4.39 Å². The van der Waals surface area contributed by atoms with Crippen molar-refractivity contribution in [2.24, 2.45) is 17.6 Å². The maximum Gasteiger partial charge on any atom is 0.490 e. The smallest absolute Gasteiger partial charge is 0.475 e. The lowest BCUT2D eigenvalue weighted by atomic mass is 9.81. The molecule has 1 saturated carbocycles. The molecule has 20 heteroatoms. The van der Waals surface area contributed by atoms with Crippen molar-refractivity contribution >= 4 is 35.4 Å². The molecule has 1 saturated heterocycles. The minimum Gasteiger partial charge on any atom is -0.475 e. The number of carboxylic acids is 1. The zero-order valence-corrected chi connectivity index (χ0v) is 33.2. The molecule has 2 aromatic heterocycles. The van der Waals surface area contributed by atoms with Gasteiger partial charge in [0.15, 0.2) is 0 Å². The quantitative estimate of drug-likeness (QED) is 0.149. The lowest BCUT2D eigenvalue weighted by Crippen LogP contribution is -2.50. The Kier molecular flexibility index (Phi) is 14.9. The van der Waals surface area contributed by atoms with Gasteiger partial charge in [-0.25, -0.2) is 23.9 Å². The maximum atomic E-state index is 15.5. The van der Waals surface area contributed by atoms with Gasteiger partial charge < -0.3 is 30.5 Å². The van der Waals surface area contributed by atoms with Gasteiger partial charge in [-0.05, 0) is 112 Å². The van der Waals surface area contributed by atoms with Crippen molar-refractivity contribution in [3.63, 3.8) is 0 Å². The number of aromatic nitrogens is 5. The van der Waals surface area contributed by atoms with Crippen LogP contribution in [0.1, 0.15) is 52.0 Å². The lowest BCUT2D eigenvalue weighted by molar-refractivity contribution is -0.192. The number of imide groups is 1. The van der Waals surface area contributed by atoms with Crippen LogP contribution in [-0.2, 0) is 30.3 Å². The lowest BCUT2D eigenvalue weighted by Gasteiger charge is -2.32. The summed E-state index contributed by atoms with van der Waals surface area (Å²) in [6.45, 7) is 8.63. The number of nitrogens with two attached hydrogens (primary N) is 1. The van der Waals surface area contributed by atoms with Crippen molar-refractivity contribution in [2.75, 3.05) is 42.6 Å². The van der Waals surface area contributed by atoms with Crippen LogP contribution < -0.4 is 20.9 Å². The molecule has 322 valence electrons. The molecule has 60 heavy (non-hydrogen) atoms. The first-order chi connectivity index (χ1) is 28.4. The van der Waals surface area contributed by atoms with Gasteiger partial charge in [-0.1, -0.05) is 12.1 Å². The second kappa shape index (κ2) is 19.8. The number of alkyl halides is 3. The Hall–Kier alpha value is -6.02. The van der Waals surface area contributed by atoms with Crippen LogP contribution in [0, 0.1) is 17.7 Å². The number of pyridine rings is 1. The third-order valence-corrected chi connectivity index (χ3v) is 9.74. The molecule has 3 heterocycles. The number of amides is 3. The molecule has 3 amide bonds. The van der Waals surface area contributed by atoms with E-state index in [0.29, 0.717) is 79.2 Å². The van der Waals surface area contributed by atoms with Crippen LogP contribution in [0.5, 0.6) is 0 Å². The molecule has 1 atom stereocenters. The van der Waals surface area contributed by atoms with Gasteiger partial charge in [0, 0.05) is 48.4 Å². The fourth-order valence-corrected chi connectivity index (χ4v) is 6.70. The number of alkyl carbamates (subject to hydrolysis) is 1. The number of morpholine rings is 1. The van der Waals surface area contributed by atoms with Crippen LogP contribution >= 0.6 is 0 Å². The minimum absolute atomic E-state index is 0.0120. The van der Waals surface area contributed by atoms with Gasteiger partial charge in [-0.2, -0.15) is 18.4 Å². The summed E-state index contributed by atoms with van der Waals surface area (Å²) in [4.78, 5) is 57.1. The van der Waals surface area contributed by atoms with Gasteiger partial charge >= 0.3 is 18.2 Å². The van der Waals surface area contributed by atoms with E-state index in [1.807, 2.05) is 12.1 Å². The van der Waals surface area contributed by atoms with E-state index in [1.54, 1.807) is 63.4 Å². The maximum absolute atomic E-state index is 15.5. The summed E-state index contributed by atoms with van der Waals surface area (Å²) in [6.07, 6.45) is -1.45. The molecule has 0 spiro atoms. The van der Waals surface area contributed by atoms with E-state index < -0.39 is 47.5 Å². The zero-order chi connectivity index (χ0) is 43.6. The fourth-order valence-electron chi connectivity index (χ4n) is 6.70. The second-order valence-electron chi connectivity index (χ2n) is 15.3. The Morgan fingerprint density at radius 1 is 1.00 bits per heavy atom. The number of ether oxygens (including phenoxy) is 2. The van der Waals surface area contributed by atoms with E-state index in [1.165, 1.54) is 6.07 Å². The Bertz CT molecular complexity index is 2070. The molecule has 2 aliphatic rings. The molecule has 0 unspecified atom stereocenters. The summed E-state index contributed by atoms with van der Waals surface area (Å²) in [6, 6.07) is 14.0. The van der Waals surface area contributed by atoms with Crippen molar-refractivity contribution in [3.8, 4) is 22.5 Å². The first kappa shape index (κ1) is 45.1. The highest BCUT2D eigenvalue weighted by Crippen LogP contribution is 2.33. The highest BCUT2D eigenvalue weighted by Gasteiger charge is 2.38. The fraction of sp³-hybridized carbons (Fsp3) is 0.450. The molecule has 6 rings (SSSR count). The largest absolute Gasteiger partial charge is 0.490 e. The number of carbonyl (C=O) groups is 4. The summed E-state index contributed by atoms with van der Waals surface area (Å²) in [5.41, 5.74) is 8.43. The van der Waals surface area contributed by atoms with E-state index in [0.717, 1.165) is 23.8 Å². The first-order valence-corrected chi connectivity index (χ1v) is 19.2. The standard InChI is InChI=1S/C38H46FN9O5.C2HF3O2/c1-38(2,3)53-37(51)42-22-24-4-7-27(8-5-24)35(49)48(29-12-9-26(10-13-29)34-43-45-46-44-34)36(50)32(40)21-25-6-14-30(31(39)20-25)28-11-15-33(41-23-28)47-16-18-52-19-17-47;3-2(4,5)1(6)7/h6,9-15,20,23-24,27,32H,4-5,7-8,16-19,21-22,40H2,1-3H3,(H,42,51)(H,43,44,45,46);(H,6,7)/t24?,27?,32-;/m0./s1. The number of carbonyl (C=O) groups excluding carboxylic acids is 3. The number of aromatic amines is 1. The van der Waals surface area contributed by atoms with E-state index in [9.17, 15) is 27.6 Å². The monoisotopic (exact) mass is 841 g/mol. The van der Waals surface area contributed by atoms with Crippen molar-refractivity contribution in [1.29, 1.82) is 0 Å². The summed E-state index contributed by atoms with van der Waals surface area (Å²) in [5, 5.41) is 24.0. The predicted molar refractivity (Wildman–Crippen MR) is 210 cm³/mol. The van der Waals surface area contributed by atoms with Crippen LogP contribution in [0.15, 0.2) is 60.8 Å². The zero-order valence-electron chi connectivity index (χ0n) is 33.2.